The van der Waals surface area contributed by atoms with Crippen molar-refractivity contribution >= 4 is 29.2 Å². The average molecular weight is 532 g/mol. The Morgan fingerprint density at radius 2 is 2.08 bits per heavy atom. The number of likely N-dealkylation sites (tertiary alicyclic amines) is 1. The molecule has 0 bridgehead atoms. The highest BCUT2D eigenvalue weighted by atomic mass is 35.5. The van der Waals surface area contributed by atoms with Crippen molar-refractivity contribution in [3.63, 3.8) is 0 Å². The van der Waals surface area contributed by atoms with E-state index in [1.54, 1.807) is 18.2 Å². The number of carbonyl (C=O) groups is 1. The maximum Gasteiger partial charge on any atom is 0.310 e. The number of aromatic nitrogens is 3. The zero-order chi connectivity index (χ0) is 26.4. The van der Waals surface area contributed by atoms with Crippen LogP contribution in [0.15, 0.2) is 36.4 Å². The molecule has 1 aromatic carbocycles. The van der Waals surface area contributed by atoms with Gasteiger partial charge in [0, 0.05) is 36.3 Å². The molecule has 8 nitrogen and oxygen atoms in total. The number of aromatic amines is 1. The van der Waals surface area contributed by atoms with Crippen LogP contribution in [-0.2, 0) is 21.5 Å². The van der Waals surface area contributed by atoms with Crippen LogP contribution in [0.4, 0.5) is 20.4 Å². The van der Waals surface area contributed by atoms with Gasteiger partial charge in [0.25, 0.3) is 0 Å². The molecule has 2 atom stereocenters. The smallest absolute Gasteiger partial charge is 0.310 e. The standard InChI is InChI=1S/C26H28ClF2N5O3/c1-15-10-22(33-32-15)31-21-7-6-19(28)20(30-21)12-25(24(35)36)8-9-34(16(2)11-25)26(13-37-14-26)17-4-3-5-18(27)23(17)29/h3-7,10,16H,8-9,11-14H2,1-2H3,(H,35,36)(H2,30,31,32,33)/t16-,25-/m1/s1. The van der Waals surface area contributed by atoms with Gasteiger partial charge in [0.1, 0.15) is 17.5 Å². The Balaban J connectivity index is 1.40. The van der Waals surface area contributed by atoms with E-state index in [0.29, 0.717) is 23.7 Å². The van der Waals surface area contributed by atoms with E-state index in [0.717, 1.165) is 5.69 Å². The predicted octanol–water partition coefficient (Wildman–Crippen LogP) is 4.81. The highest BCUT2D eigenvalue weighted by Crippen LogP contribution is 2.47. The van der Waals surface area contributed by atoms with Crippen molar-refractivity contribution in [3.8, 4) is 0 Å². The second-order valence-corrected chi connectivity index (χ2v) is 10.5. The first-order valence-electron chi connectivity index (χ1n) is 12.1. The monoisotopic (exact) mass is 531 g/mol. The molecule has 0 unspecified atom stereocenters. The largest absolute Gasteiger partial charge is 0.481 e. The first kappa shape index (κ1) is 25.6. The minimum absolute atomic E-state index is 0.0355. The topological polar surface area (TPSA) is 103 Å². The Morgan fingerprint density at radius 3 is 2.70 bits per heavy atom. The zero-order valence-corrected chi connectivity index (χ0v) is 21.3. The summed E-state index contributed by atoms with van der Waals surface area (Å²) in [5.74, 6) is -1.16. The van der Waals surface area contributed by atoms with Crippen molar-refractivity contribution in [1.82, 2.24) is 20.1 Å². The van der Waals surface area contributed by atoms with Gasteiger partial charge in [-0.25, -0.2) is 13.8 Å². The van der Waals surface area contributed by atoms with E-state index in [4.69, 9.17) is 16.3 Å². The van der Waals surface area contributed by atoms with Crippen molar-refractivity contribution in [2.24, 2.45) is 5.41 Å². The minimum Gasteiger partial charge on any atom is -0.481 e. The van der Waals surface area contributed by atoms with Crippen LogP contribution in [0.5, 0.6) is 0 Å². The van der Waals surface area contributed by atoms with Gasteiger partial charge in [-0.15, -0.1) is 0 Å². The molecule has 2 aliphatic heterocycles. The van der Waals surface area contributed by atoms with E-state index in [2.05, 4.69) is 25.4 Å². The number of H-pyrrole nitrogens is 1. The molecule has 3 aromatic rings. The molecule has 4 heterocycles. The maximum absolute atomic E-state index is 15.0. The number of carboxylic acids is 1. The molecule has 2 fully saturated rings. The molecule has 11 heteroatoms. The van der Waals surface area contributed by atoms with E-state index < -0.39 is 28.6 Å². The van der Waals surface area contributed by atoms with E-state index in [-0.39, 0.29) is 49.2 Å². The summed E-state index contributed by atoms with van der Waals surface area (Å²) in [5.41, 5.74) is -0.593. The average Bonchev–Trinajstić information content (AvgIpc) is 3.23. The fourth-order valence-corrected chi connectivity index (χ4v) is 5.82. The number of hydrogen-bond acceptors (Lipinski definition) is 6. The van der Waals surface area contributed by atoms with Gasteiger partial charge in [0.15, 0.2) is 5.82 Å². The molecular weight excluding hydrogens is 504 g/mol. The van der Waals surface area contributed by atoms with E-state index >= 15 is 4.39 Å². The first-order valence-corrected chi connectivity index (χ1v) is 12.5. The normalized spacial score (nSPS) is 23.4. The number of aliphatic carboxylic acids is 1. The third-order valence-corrected chi connectivity index (χ3v) is 7.87. The molecule has 0 spiro atoms. The molecule has 2 saturated heterocycles. The number of carboxylic acid groups (broad SMARTS) is 1. The summed E-state index contributed by atoms with van der Waals surface area (Å²) in [6.45, 7) is 4.71. The third-order valence-electron chi connectivity index (χ3n) is 7.57. The molecule has 0 radical (unpaired) electrons. The molecule has 0 aliphatic carbocycles. The van der Waals surface area contributed by atoms with Gasteiger partial charge >= 0.3 is 5.97 Å². The molecule has 5 rings (SSSR count). The van der Waals surface area contributed by atoms with Crippen molar-refractivity contribution in [2.75, 3.05) is 25.1 Å². The Morgan fingerprint density at radius 1 is 1.30 bits per heavy atom. The van der Waals surface area contributed by atoms with Crippen molar-refractivity contribution in [1.29, 1.82) is 0 Å². The quantitative estimate of drug-likeness (QED) is 0.402. The van der Waals surface area contributed by atoms with E-state index in [1.807, 2.05) is 13.8 Å². The summed E-state index contributed by atoms with van der Waals surface area (Å²) in [4.78, 5) is 19.1. The van der Waals surface area contributed by atoms with E-state index in [9.17, 15) is 14.3 Å². The number of rotatable bonds is 7. The van der Waals surface area contributed by atoms with Gasteiger partial charge in [-0.2, -0.15) is 5.10 Å². The lowest BCUT2D eigenvalue weighted by molar-refractivity contribution is -0.183. The van der Waals surface area contributed by atoms with Crippen LogP contribution >= 0.6 is 11.6 Å². The van der Waals surface area contributed by atoms with Crippen LogP contribution in [0.25, 0.3) is 0 Å². The molecule has 0 saturated carbocycles. The zero-order valence-electron chi connectivity index (χ0n) is 20.5. The van der Waals surface area contributed by atoms with E-state index in [1.165, 1.54) is 18.2 Å². The number of piperidine rings is 1. The summed E-state index contributed by atoms with van der Waals surface area (Å²) in [6.07, 6.45) is 0.411. The number of halogens is 3. The van der Waals surface area contributed by atoms with Gasteiger partial charge in [-0.1, -0.05) is 23.7 Å². The molecule has 37 heavy (non-hydrogen) atoms. The molecule has 3 N–H and O–H groups in total. The molecule has 196 valence electrons. The van der Waals surface area contributed by atoms with Gasteiger partial charge in [0.2, 0.25) is 0 Å². The molecule has 2 aliphatic rings. The lowest BCUT2D eigenvalue weighted by atomic mass is 9.70. The van der Waals surface area contributed by atoms with Crippen LogP contribution in [0, 0.1) is 24.0 Å². The minimum atomic E-state index is -1.23. The number of hydrogen-bond donors (Lipinski definition) is 3. The molecular formula is C26H28ClF2N5O3. The molecule has 0 amide bonds. The first-order chi connectivity index (χ1) is 17.6. The van der Waals surface area contributed by atoms with Crippen molar-refractivity contribution in [2.45, 2.75) is 44.7 Å². The van der Waals surface area contributed by atoms with Crippen LogP contribution in [0.2, 0.25) is 5.02 Å². The molecule has 2 aromatic heterocycles. The summed E-state index contributed by atoms with van der Waals surface area (Å²) in [5, 5.41) is 20.3. The van der Waals surface area contributed by atoms with Crippen LogP contribution < -0.4 is 5.32 Å². The Labute approximate surface area is 218 Å². The fraction of sp³-hybridized carbons (Fsp3) is 0.423. The number of benzene rings is 1. The number of aryl methyl sites for hydroxylation is 1. The van der Waals surface area contributed by atoms with Crippen molar-refractivity contribution in [3.05, 3.63) is 70.0 Å². The van der Waals surface area contributed by atoms with Crippen molar-refractivity contribution < 1.29 is 23.4 Å². The highest BCUT2D eigenvalue weighted by Gasteiger charge is 2.54. The maximum atomic E-state index is 15.0. The van der Waals surface area contributed by atoms with Crippen LogP contribution in [0.3, 0.4) is 0 Å². The summed E-state index contributed by atoms with van der Waals surface area (Å²) in [6, 6.07) is 9.21. The number of anilines is 2. The second kappa shape index (κ2) is 9.66. The highest BCUT2D eigenvalue weighted by molar-refractivity contribution is 6.30. The van der Waals surface area contributed by atoms with Crippen LogP contribution in [-0.4, -0.2) is 57.0 Å². The van der Waals surface area contributed by atoms with Gasteiger partial charge in [0.05, 0.1) is 34.9 Å². The van der Waals surface area contributed by atoms with Gasteiger partial charge in [-0.3, -0.25) is 14.8 Å². The number of ether oxygens (including phenoxy) is 1. The summed E-state index contributed by atoms with van der Waals surface area (Å²) >= 11 is 6.07. The van der Waals surface area contributed by atoms with Gasteiger partial charge in [-0.05, 0) is 44.9 Å². The lowest BCUT2D eigenvalue weighted by Gasteiger charge is -2.56. The Bertz CT molecular complexity index is 1330. The number of nitrogens with zero attached hydrogens (tertiary/aromatic N) is 3. The summed E-state index contributed by atoms with van der Waals surface area (Å²) in [7, 11) is 0. The van der Waals surface area contributed by atoms with Gasteiger partial charge < -0.3 is 15.2 Å². The number of nitrogens with one attached hydrogen (secondary N) is 2. The predicted molar refractivity (Wildman–Crippen MR) is 134 cm³/mol. The number of pyridine rings is 1. The SMILES string of the molecule is Cc1cc(Nc2ccc(F)c(C[C@@]3(C(=O)O)CCN(C4(c5cccc(Cl)c5F)COC4)[C@H](C)C3)n2)n[nH]1. The Kier molecular flexibility index (Phi) is 6.68. The van der Waals surface area contributed by atoms with Crippen LogP contribution in [0.1, 0.15) is 36.7 Å². The third kappa shape index (κ3) is 4.58. The second-order valence-electron chi connectivity index (χ2n) is 10.1. The fourth-order valence-electron chi connectivity index (χ4n) is 5.65. The summed E-state index contributed by atoms with van der Waals surface area (Å²) < 4.78 is 35.4. The lowest BCUT2D eigenvalue weighted by Crippen LogP contribution is -2.65. The Hall–Kier alpha value is -3.08.